The number of para-hydroxylation sites is 2. The molecule has 0 amide bonds. The van der Waals surface area contributed by atoms with Gasteiger partial charge in [-0.3, -0.25) is 28.1 Å². The van der Waals surface area contributed by atoms with E-state index in [1.54, 1.807) is 55.5 Å². The third-order valence-electron chi connectivity index (χ3n) is 5.45. The third-order valence-corrected chi connectivity index (χ3v) is 6.82. The van der Waals surface area contributed by atoms with Gasteiger partial charge in [-0.2, -0.15) is 0 Å². The highest BCUT2D eigenvalue weighted by molar-refractivity contribution is 8.00. The smallest absolute Gasteiger partial charge is 0.332 e. The Morgan fingerprint density at radius 3 is 2.35 bits per heavy atom. The fourth-order valence-corrected chi connectivity index (χ4v) is 4.74. The van der Waals surface area contributed by atoms with Gasteiger partial charge in [0.2, 0.25) is 0 Å². The Morgan fingerprint density at radius 1 is 1.00 bits per heavy atom. The second kappa shape index (κ2) is 8.96. The number of nitrogens with zero attached hydrogens (tertiary/aromatic N) is 4. The van der Waals surface area contributed by atoms with Crippen LogP contribution in [-0.2, 0) is 14.1 Å². The largest absolute Gasteiger partial charge is 0.384 e. The van der Waals surface area contributed by atoms with Crippen LogP contribution in [0.1, 0.15) is 17.3 Å². The Hall–Kier alpha value is -3.63. The molecular weight excluding hydrogens is 478 g/mol. The van der Waals surface area contributed by atoms with Gasteiger partial charge in [-0.05, 0) is 31.2 Å². The van der Waals surface area contributed by atoms with E-state index in [9.17, 15) is 19.2 Å². The number of hydrogen-bond donors (Lipinski definition) is 1. The summed E-state index contributed by atoms with van der Waals surface area (Å²) in [4.78, 5) is 56.1. The van der Waals surface area contributed by atoms with Gasteiger partial charge in [-0.25, -0.2) is 9.78 Å². The minimum Gasteiger partial charge on any atom is -0.384 e. The standard InChI is InChI=1S/C23H20ClN5O4S/c1-12(18(30)17-19(25)27(2)23(33)28(3)21(17)32)34-22-26-15-10-6-4-8-13(15)20(31)29(22)16-11-7-5-9-14(16)24/h4-12H,25H2,1-3H3. The number of rotatable bonds is 5. The lowest BCUT2D eigenvalue weighted by atomic mass is 10.1. The van der Waals surface area contributed by atoms with Gasteiger partial charge in [-0.15, -0.1) is 0 Å². The van der Waals surface area contributed by atoms with Gasteiger partial charge in [0.25, 0.3) is 11.1 Å². The summed E-state index contributed by atoms with van der Waals surface area (Å²) in [7, 11) is 2.66. The molecule has 11 heteroatoms. The quantitative estimate of drug-likeness (QED) is 0.255. The van der Waals surface area contributed by atoms with Crippen molar-refractivity contribution in [2.24, 2.45) is 14.1 Å². The molecule has 0 bridgehead atoms. The van der Waals surface area contributed by atoms with Crippen LogP contribution in [0.2, 0.25) is 5.02 Å². The third kappa shape index (κ3) is 3.84. The van der Waals surface area contributed by atoms with Crippen molar-refractivity contribution in [2.75, 3.05) is 5.73 Å². The normalized spacial score (nSPS) is 12.1. The van der Waals surface area contributed by atoms with Crippen LogP contribution in [0.5, 0.6) is 0 Å². The molecule has 2 N–H and O–H groups in total. The molecule has 0 aliphatic heterocycles. The lowest BCUT2D eigenvalue weighted by Crippen LogP contribution is -2.42. The summed E-state index contributed by atoms with van der Waals surface area (Å²) < 4.78 is 3.22. The second-order valence-corrected chi connectivity index (χ2v) is 9.31. The number of aromatic nitrogens is 4. The van der Waals surface area contributed by atoms with Crippen molar-refractivity contribution in [2.45, 2.75) is 17.3 Å². The summed E-state index contributed by atoms with van der Waals surface area (Å²) in [6.45, 7) is 1.58. The number of thioether (sulfide) groups is 1. The van der Waals surface area contributed by atoms with Crippen molar-refractivity contribution in [3.05, 3.63) is 90.3 Å². The number of benzene rings is 2. The monoisotopic (exact) mass is 497 g/mol. The Morgan fingerprint density at radius 2 is 1.65 bits per heavy atom. The Balaban J connectivity index is 1.88. The minimum atomic E-state index is -0.866. The molecule has 4 aromatic rings. The molecular formula is C23H20ClN5O4S. The highest BCUT2D eigenvalue weighted by Crippen LogP contribution is 2.29. The maximum Gasteiger partial charge on any atom is 0.332 e. The topological polar surface area (TPSA) is 122 Å². The summed E-state index contributed by atoms with van der Waals surface area (Å²) in [6, 6.07) is 13.7. The van der Waals surface area contributed by atoms with Crippen molar-refractivity contribution in [3.63, 3.8) is 0 Å². The van der Waals surface area contributed by atoms with Crippen LogP contribution in [0.4, 0.5) is 5.82 Å². The van der Waals surface area contributed by atoms with Crippen LogP contribution < -0.4 is 22.5 Å². The van der Waals surface area contributed by atoms with Gasteiger partial charge in [0, 0.05) is 14.1 Å². The van der Waals surface area contributed by atoms with Crippen LogP contribution >= 0.6 is 23.4 Å². The number of nitrogens with two attached hydrogens (primary N) is 1. The minimum absolute atomic E-state index is 0.220. The molecule has 34 heavy (non-hydrogen) atoms. The Bertz CT molecular complexity index is 1640. The van der Waals surface area contributed by atoms with Crippen molar-refractivity contribution in [1.82, 2.24) is 18.7 Å². The highest BCUT2D eigenvalue weighted by atomic mass is 35.5. The van der Waals surface area contributed by atoms with Gasteiger partial charge in [0.15, 0.2) is 10.9 Å². The zero-order valence-corrected chi connectivity index (χ0v) is 20.1. The number of carbonyl (C=O) groups is 1. The van der Waals surface area contributed by atoms with Gasteiger partial charge in [-0.1, -0.05) is 47.6 Å². The first-order valence-corrected chi connectivity index (χ1v) is 11.4. The lowest BCUT2D eigenvalue weighted by molar-refractivity contribution is 0.0992. The summed E-state index contributed by atoms with van der Waals surface area (Å²) in [5, 5.41) is 0.0766. The predicted octanol–water partition coefficient (Wildman–Crippen LogP) is 2.38. The molecule has 1 unspecified atom stereocenters. The molecule has 1 atom stereocenters. The zero-order valence-electron chi connectivity index (χ0n) is 18.5. The summed E-state index contributed by atoms with van der Waals surface area (Å²) in [6.07, 6.45) is 0. The van der Waals surface area contributed by atoms with E-state index >= 15 is 0 Å². The molecule has 4 rings (SSSR count). The molecule has 0 saturated carbocycles. The highest BCUT2D eigenvalue weighted by Gasteiger charge is 2.27. The summed E-state index contributed by atoms with van der Waals surface area (Å²) >= 11 is 7.38. The van der Waals surface area contributed by atoms with E-state index in [2.05, 4.69) is 4.98 Å². The van der Waals surface area contributed by atoms with Crippen molar-refractivity contribution < 1.29 is 4.79 Å². The van der Waals surface area contributed by atoms with Crippen LogP contribution in [-0.4, -0.2) is 29.7 Å². The van der Waals surface area contributed by atoms with Crippen molar-refractivity contribution in [1.29, 1.82) is 0 Å². The number of nitrogen functional groups attached to an aromatic ring is 1. The number of fused-ring (bicyclic) bond motifs is 1. The average Bonchev–Trinajstić information content (AvgIpc) is 2.82. The SMILES string of the molecule is CC(Sc1nc2ccccc2c(=O)n1-c1ccccc1Cl)C(=O)c1c(N)n(C)c(=O)n(C)c1=O. The molecule has 2 aromatic carbocycles. The van der Waals surface area contributed by atoms with E-state index in [4.69, 9.17) is 17.3 Å². The van der Waals surface area contributed by atoms with E-state index < -0.39 is 22.3 Å². The van der Waals surface area contributed by atoms with Crippen molar-refractivity contribution >= 4 is 45.9 Å². The molecule has 0 spiro atoms. The van der Waals surface area contributed by atoms with Crippen LogP contribution in [0.25, 0.3) is 16.6 Å². The van der Waals surface area contributed by atoms with Gasteiger partial charge in [0.1, 0.15) is 11.4 Å². The molecule has 9 nitrogen and oxygen atoms in total. The number of halogens is 1. The molecule has 0 aliphatic carbocycles. The number of hydrogen-bond acceptors (Lipinski definition) is 7. The van der Waals surface area contributed by atoms with E-state index in [-0.39, 0.29) is 22.1 Å². The lowest BCUT2D eigenvalue weighted by Gasteiger charge is -2.17. The average molecular weight is 498 g/mol. The predicted molar refractivity (Wildman–Crippen MR) is 133 cm³/mol. The molecule has 0 fully saturated rings. The molecule has 0 saturated heterocycles. The zero-order chi connectivity index (χ0) is 24.7. The molecule has 2 heterocycles. The summed E-state index contributed by atoms with van der Waals surface area (Å²) in [5.74, 6) is -0.813. The van der Waals surface area contributed by atoms with Crippen molar-refractivity contribution in [3.8, 4) is 5.69 Å². The molecule has 2 aromatic heterocycles. The van der Waals surface area contributed by atoms with Crippen LogP contribution in [0.3, 0.4) is 0 Å². The maximum absolute atomic E-state index is 13.4. The first-order chi connectivity index (χ1) is 16.1. The fourth-order valence-electron chi connectivity index (χ4n) is 3.54. The Kier molecular flexibility index (Phi) is 6.20. The molecule has 0 aliphatic rings. The van der Waals surface area contributed by atoms with Gasteiger partial charge in [0.05, 0.1) is 26.9 Å². The molecule has 174 valence electrons. The van der Waals surface area contributed by atoms with Gasteiger partial charge >= 0.3 is 5.69 Å². The summed E-state index contributed by atoms with van der Waals surface area (Å²) in [5.41, 5.74) is 4.76. The van der Waals surface area contributed by atoms with E-state index in [0.29, 0.717) is 21.6 Å². The number of anilines is 1. The number of carbonyl (C=O) groups excluding carboxylic acids is 1. The Labute approximate surface area is 202 Å². The first kappa shape index (κ1) is 23.5. The first-order valence-electron chi connectivity index (χ1n) is 10.2. The van der Waals surface area contributed by atoms with E-state index in [1.807, 2.05) is 0 Å². The molecule has 0 radical (unpaired) electrons. The number of Topliss-reactive ketones (excluding diaryl/α,β-unsaturated/α-hetero) is 1. The maximum atomic E-state index is 13.4. The van der Waals surface area contributed by atoms with E-state index in [0.717, 1.165) is 20.9 Å². The van der Waals surface area contributed by atoms with E-state index in [1.165, 1.54) is 18.7 Å². The number of ketones is 1. The van der Waals surface area contributed by atoms with Crippen LogP contribution in [0.15, 0.2) is 68.1 Å². The van der Waals surface area contributed by atoms with Gasteiger partial charge < -0.3 is 5.73 Å². The fraction of sp³-hybridized carbons (Fsp3) is 0.174. The van der Waals surface area contributed by atoms with Crippen LogP contribution in [0, 0.1) is 0 Å². The second-order valence-electron chi connectivity index (χ2n) is 7.59.